The van der Waals surface area contributed by atoms with Gasteiger partial charge in [0.15, 0.2) is 0 Å². The molecule has 1 fully saturated rings. The first-order valence-electron chi connectivity index (χ1n) is 5.95. The van der Waals surface area contributed by atoms with Crippen molar-refractivity contribution >= 4 is 16.8 Å². The van der Waals surface area contributed by atoms with Crippen LogP contribution < -0.4 is 5.32 Å². The fourth-order valence-electron chi connectivity index (χ4n) is 2.43. The molecule has 3 heteroatoms. The van der Waals surface area contributed by atoms with E-state index < -0.39 is 0 Å². The summed E-state index contributed by atoms with van der Waals surface area (Å²) in [5.74, 6) is 0.170. The molecule has 3 rings (SSSR count). The number of aromatic nitrogens is 1. The minimum Gasteiger partial charge on any atom is -0.353 e. The first kappa shape index (κ1) is 10.3. The highest BCUT2D eigenvalue weighted by molar-refractivity contribution is 5.82. The van der Waals surface area contributed by atoms with Crippen molar-refractivity contribution in [3.05, 3.63) is 42.1 Å². The Kier molecular flexibility index (Phi) is 2.52. The van der Waals surface area contributed by atoms with Gasteiger partial charge < -0.3 is 5.32 Å². The Bertz CT molecular complexity index is 560. The van der Waals surface area contributed by atoms with E-state index in [0.29, 0.717) is 6.42 Å². The lowest BCUT2D eigenvalue weighted by Gasteiger charge is -2.11. The largest absolute Gasteiger partial charge is 0.353 e. The maximum absolute atomic E-state index is 11.2. The van der Waals surface area contributed by atoms with E-state index in [2.05, 4.69) is 34.6 Å². The van der Waals surface area contributed by atoms with Crippen molar-refractivity contribution in [3.63, 3.8) is 0 Å². The molecule has 0 radical (unpaired) electrons. The molecule has 0 saturated carbocycles. The summed E-state index contributed by atoms with van der Waals surface area (Å²) >= 11 is 0. The monoisotopic (exact) mass is 226 g/mol. The van der Waals surface area contributed by atoms with Gasteiger partial charge in [-0.05, 0) is 24.5 Å². The predicted octanol–water partition coefficient (Wildman–Crippen LogP) is 2.06. The minimum absolute atomic E-state index is 0.170. The lowest BCUT2D eigenvalue weighted by molar-refractivity contribution is -0.119. The lowest BCUT2D eigenvalue weighted by atomic mass is 10.0. The zero-order chi connectivity index (χ0) is 11.7. The molecule has 86 valence electrons. The van der Waals surface area contributed by atoms with Gasteiger partial charge in [-0.3, -0.25) is 9.78 Å². The second kappa shape index (κ2) is 4.17. The van der Waals surface area contributed by atoms with Gasteiger partial charge in [0.25, 0.3) is 0 Å². The van der Waals surface area contributed by atoms with Crippen LogP contribution in [0.25, 0.3) is 10.9 Å². The van der Waals surface area contributed by atoms with Crippen LogP contribution in [0, 0.1) is 0 Å². The molecular formula is C14H14N2O. The van der Waals surface area contributed by atoms with Crippen molar-refractivity contribution in [2.45, 2.75) is 25.3 Å². The average Bonchev–Trinajstić information content (AvgIpc) is 2.75. The number of nitrogens with one attached hydrogen (secondary N) is 1. The van der Waals surface area contributed by atoms with E-state index in [1.807, 2.05) is 12.3 Å². The number of nitrogens with zero attached hydrogens (tertiary/aromatic N) is 1. The van der Waals surface area contributed by atoms with Crippen molar-refractivity contribution in [2.75, 3.05) is 0 Å². The molecule has 0 bridgehead atoms. The van der Waals surface area contributed by atoms with Crippen LogP contribution in [0.1, 0.15) is 18.4 Å². The molecule has 2 aromatic rings. The summed E-state index contributed by atoms with van der Waals surface area (Å²) in [4.78, 5) is 15.6. The summed E-state index contributed by atoms with van der Waals surface area (Å²) in [6.07, 6.45) is 4.28. The Morgan fingerprint density at radius 2 is 2.18 bits per heavy atom. The molecule has 17 heavy (non-hydrogen) atoms. The Morgan fingerprint density at radius 3 is 3.00 bits per heavy atom. The van der Waals surface area contributed by atoms with Gasteiger partial charge in [0.05, 0.1) is 5.52 Å². The second-order valence-electron chi connectivity index (χ2n) is 4.50. The standard InChI is InChI=1S/C14H14N2O/c17-13-7-6-12(16-13)9-11-4-1-3-10-5-2-8-15-14(10)11/h1-5,8,12H,6-7,9H2,(H,16,17). The molecule has 1 atom stereocenters. The number of amides is 1. The van der Waals surface area contributed by atoms with Gasteiger partial charge in [-0.1, -0.05) is 24.3 Å². The summed E-state index contributed by atoms with van der Waals surface area (Å²) in [7, 11) is 0. The molecule has 0 spiro atoms. The third-order valence-corrected chi connectivity index (χ3v) is 3.27. The fourth-order valence-corrected chi connectivity index (χ4v) is 2.43. The van der Waals surface area contributed by atoms with E-state index in [1.165, 1.54) is 5.56 Å². The molecule has 1 aliphatic rings. The summed E-state index contributed by atoms with van der Waals surface area (Å²) in [6, 6.07) is 10.5. The van der Waals surface area contributed by atoms with Crippen LogP contribution in [-0.4, -0.2) is 16.9 Å². The number of hydrogen-bond acceptors (Lipinski definition) is 2. The number of hydrogen-bond donors (Lipinski definition) is 1. The third-order valence-electron chi connectivity index (χ3n) is 3.27. The van der Waals surface area contributed by atoms with Crippen molar-refractivity contribution in [2.24, 2.45) is 0 Å². The van der Waals surface area contributed by atoms with E-state index in [0.717, 1.165) is 23.7 Å². The molecule has 1 saturated heterocycles. The maximum atomic E-state index is 11.2. The first-order chi connectivity index (χ1) is 8.33. The summed E-state index contributed by atoms with van der Waals surface area (Å²) in [6.45, 7) is 0. The van der Waals surface area contributed by atoms with Gasteiger partial charge in [0.1, 0.15) is 0 Å². The van der Waals surface area contributed by atoms with E-state index >= 15 is 0 Å². The van der Waals surface area contributed by atoms with Gasteiger partial charge in [0.2, 0.25) is 5.91 Å². The number of pyridine rings is 1. The molecular weight excluding hydrogens is 212 g/mol. The number of para-hydroxylation sites is 1. The molecule has 1 unspecified atom stereocenters. The quantitative estimate of drug-likeness (QED) is 0.851. The number of fused-ring (bicyclic) bond motifs is 1. The highest BCUT2D eigenvalue weighted by atomic mass is 16.1. The molecule has 3 nitrogen and oxygen atoms in total. The summed E-state index contributed by atoms with van der Waals surface area (Å²) < 4.78 is 0. The lowest BCUT2D eigenvalue weighted by Crippen LogP contribution is -2.27. The number of rotatable bonds is 2. The van der Waals surface area contributed by atoms with E-state index in [4.69, 9.17) is 0 Å². The van der Waals surface area contributed by atoms with Gasteiger partial charge >= 0.3 is 0 Å². The Morgan fingerprint density at radius 1 is 1.29 bits per heavy atom. The van der Waals surface area contributed by atoms with Gasteiger partial charge in [-0.15, -0.1) is 0 Å². The SMILES string of the molecule is O=C1CCC(Cc2cccc3cccnc23)N1. The van der Waals surface area contributed by atoms with E-state index in [9.17, 15) is 4.79 Å². The predicted molar refractivity (Wildman–Crippen MR) is 66.6 cm³/mol. The van der Waals surface area contributed by atoms with Crippen LogP contribution in [0.5, 0.6) is 0 Å². The zero-order valence-corrected chi connectivity index (χ0v) is 9.52. The zero-order valence-electron chi connectivity index (χ0n) is 9.52. The van der Waals surface area contributed by atoms with Crippen molar-refractivity contribution in [1.29, 1.82) is 0 Å². The molecule has 2 heterocycles. The number of carbonyl (C=O) groups is 1. The Labute approximate surface area is 99.9 Å². The summed E-state index contributed by atoms with van der Waals surface area (Å²) in [5, 5.41) is 4.16. The van der Waals surface area contributed by atoms with Gasteiger partial charge in [-0.2, -0.15) is 0 Å². The van der Waals surface area contributed by atoms with Crippen LogP contribution >= 0.6 is 0 Å². The number of benzene rings is 1. The van der Waals surface area contributed by atoms with Crippen LogP contribution in [-0.2, 0) is 11.2 Å². The highest BCUT2D eigenvalue weighted by Gasteiger charge is 2.21. The van der Waals surface area contributed by atoms with Crippen LogP contribution in [0.2, 0.25) is 0 Å². The third kappa shape index (κ3) is 2.00. The second-order valence-corrected chi connectivity index (χ2v) is 4.50. The molecule has 0 aliphatic carbocycles. The molecule has 1 aromatic carbocycles. The first-order valence-corrected chi connectivity index (χ1v) is 5.95. The summed E-state index contributed by atoms with van der Waals surface area (Å²) in [5.41, 5.74) is 2.27. The van der Waals surface area contributed by atoms with Crippen molar-refractivity contribution in [1.82, 2.24) is 10.3 Å². The van der Waals surface area contributed by atoms with E-state index in [-0.39, 0.29) is 11.9 Å². The van der Waals surface area contributed by atoms with Crippen LogP contribution in [0.4, 0.5) is 0 Å². The fraction of sp³-hybridized carbons (Fsp3) is 0.286. The Hall–Kier alpha value is -1.90. The molecule has 1 aromatic heterocycles. The molecule has 1 amide bonds. The molecule has 1 N–H and O–H groups in total. The molecule has 1 aliphatic heterocycles. The maximum Gasteiger partial charge on any atom is 0.220 e. The topological polar surface area (TPSA) is 42.0 Å². The Balaban J connectivity index is 1.92. The highest BCUT2D eigenvalue weighted by Crippen LogP contribution is 2.20. The van der Waals surface area contributed by atoms with Crippen molar-refractivity contribution in [3.8, 4) is 0 Å². The smallest absolute Gasteiger partial charge is 0.220 e. The van der Waals surface area contributed by atoms with Crippen LogP contribution in [0.15, 0.2) is 36.5 Å². The van der Waals surface area contributed by atoms with E-state index in [1.54, 1.807) is 0 Å². The average molecular weight is 226 g/mol. The normalized spacial score (nSPS) is 19.5. The number of carbonyl (C=O) groups excluding carboxylic acids is 1. The minimum atomic E-state index is 0.170. The van der Waals surface area contributed by atoms with Gasteiger partial charge in [0, 0.05) is 24.0 Å². The van der Waals surface area contributed by atoms with Crippen molar-refractivity contribution < 1.29 is 4.79 Å². The van der Waals surface area contributed by atoms with Crippen LogP contribution in [0.3, 0.4) is 0 Å². The van der Waals surface area contributed by atoms with Gasteiger partial charge in [-0.25, -0.2) is 0 Å².